The van der Waals surface area contributed by atoms with Crippen molar-refractivity contribution in [3.8, 4) is 0 Å². The predicted octanol–water partition coefficient (Wildman–Crippen LogP) is 1.20. The van der Waals surface area contributed by atoms with Crippen molar-refractivity contribution in [2.75, 3.05) is 6.54 Å². The first-order valence-electron chi connectivity index (χ1n) is 5.03. The van der Waals surface area contributed by atoms with Crippen LogP contribution in [0.3, 0.4) is 0 Å². The van der Waals surface area contributed by atoms with Gasteiger partial charge in [0.15, 0.2) is 0 Å². The lowest BCUT2D eigenvalue weighted by molar-refractivity contribution is 0.121. The van der Waals surface area contributed by atoms with Crippen LogP contribution in [0.4, 0.5) is 0 Å². The Kier molecular flexibility index (Phi) is 1.38. The molecule has 12 heavy (non-hydrogen) atoms. The van der Waals surface area contributed by atoms with Crippen molar-refractivity contribution in [1.82, 2.24) is 5.43 Å². The van der Waals surface area contributed by atoms with Crippen molar-refractivity contribution < 1.29 is 0 Å². The van der Waals surface area contributed by atoms with E-state index < -0.39 is 0 Å². The molecule has 3 saturated carbocycles. The first-order valence-corrected chi connectivity index (χ1v) is 5.03. The number of fused-ring (bicyclic) bond motifs is 1. The Labute approximate surface area is 73.2 Å². The highest BCUT2D eigenvalue weighted by atomic mass is 15.2. The van der Waals surface area contributed by atoms with Crippen LogP contribution in [-0.2, 0) is 0 Å². The van der Waals surface area contributed by atoms with Gasteiger partial charge in [-0.1, -0.05) is 11.1 Å². The van der Waals surface area contributed by atoms with Crippen LogP contribution in [0, 0.1) is 17.8 Å². The lowest BCUT2D eigenvalue weighted by atomic mass is 9.51. The number of rotatable bonds is 2. The molecule has 0 amide bonds. The molecule has 3 fully saturated rings. The van der Waals surface area contributed by atoms with Crippen molar-refractivity contribution >= 4 is 0 Å². The molecule has 0 spiro atoms. The SMILES string of the molecule is NNCC1=C2C3CC(C1)CC2C3. The largest absolute Gasteiger partial charge is 0.271 e. The smallest absolute Gasteiger partial charge is 0.0310 e. The van der Waals surface area contributed by atoms with Gasteiger partial charge in [0.25, 0.3) is 0 Å². The van der Waals surface area contributed by atoms with Gasteiger partial charge in [-0.2, -0.15) is 0 Å². The number of hydrogen-bond donors (Lipinski definition) is 2. The topological polar surface area (TPSA) is 38.0 Å². The highest BCUT2D eigenvalue weighted by Gasteiger charge is 2.47. The van der Waals surface area contributed by atoms with Gasteiger partial charge < -0.3 is 0 Å². The van der Waals surface area contributed by atoms with Gasteiger partial charge in [-0.15, -0.1) is 0 Å². The molecule has 0 radical (unpaired) electrons. The van der Waals surface area contributed by atoms with E-state index in [-0.39, 0.29) is 0 Å². The number of hydrogen-bond acceptors (Lipinski definition) is 2. The summed E-state index contributed by atoms with van der Waals surface area (Å²) in [5.74, 6) is 8.33. The molecule has 5 rings (SSSR count). The second kappa shape index (κ2) is 2.33. The molecule has 0 aromatic heterocycles. The summed E-state index contributed by atoms with van der Waals surface area (Å²) in [4.78, 5) is 0. The average molecular weight is 164 g/mol. The molecule has 5 aliphatic carbocycles. The van der Waals surface area contributed by atoms with Gasteiger partial charge >= 0.3 is 0 Å². The van der Waals surface area contributed by atoms with Gasteiger partial charge in [0.05, 0.1) is 0 Å². The highest BCUT2D eigenvalue weighted by molar-refractivity contribution is 5.34. The van der Waals surface area contributed by atoms with Gasteiger partial charge in [0.2, 0.25) is 0 Å². The zero-order valence-corrected chi connectivity index (χ0v) is 7.34. The minimum Gasteiger partial charge on any atom is -0.271 e. The minimum absolute atomic E-state index is 0.943. The van der Waals surface area contributed by atoms with E-state index in [1.807, 2.05) is 0 Å². The fraction of sp³-hybridized carbons (Fsp3) is 0.800. The summed E-state index contributed by atoms with van der Waals surface area (Å²) in [6, 6.07) is 0. The van der Waals surface area contributed by atoms with Crippen molar-refractivity contribution in [1.29, 1.82) is 0 Å². The van der Waals surface area contributed by atoms with Crippen LogP contribution >= 0.6 is 0 Å². The van der Waals surface area contributed by atoms with Crippen LogP contribution < -0.4 is 11.3 Å². The van der Waals surface area contributed by atoms with Gasteiger partial charge in [0.1, 0.15) is 0 Å². The molecule has 0 heterocycles. The molecular formula is C10H16N2. The Hall–Kier alpha value is -0.340. The molecule has 5 aliphatic rings. The standard InChI is InChI=1S/C10H16N2/c11-12-5-9-3-6-1-7-4-8(2-6)10(7)9/h6-8,12H,1-5,11H2. The van der Waals surface area contributed by atoms with Crippen LogP contribution in [0.5, 0.6) is 0 Å². The second-order valence-corrected chi connectivity index (χ2v) is 4.61. The van der Waals surface area contributed by atoms with E-state index >= 15 is 0 Å². The summed E-state index contributed by atoms with van der Waals surface area (Å²) >= 11 is 0. The van der Waals surface area contributed by atoms with E-state index in [0.717, 1.165) is 24.3 Å². The molecule has 3 N–H and O–H groups in total. The Morgan fingerprint density at radius 1 is 1.25 bits per heavy atom. The third kappa shape index (κ3) is 0.771. The fourth-order valence-electron chi connectivity index (χ4n) is 3.63. The van der Waals surface area contributed by atoms with Crippen LogP contribution in [0.2, 0.25) is 0 Å². The Morgan fingerprint density at radius 3 is 2.58 bits per heavy atom. The summed E-state index contributed by atoms with van der Waals surface area (Å²) in [5, 5.41) is 0. The Bertz CT molecular complexity index is 230. The lowest BCUT2D eigenvalue weighted by Gasteiger charge is -2.54. The molecule has 2 nitrogen and oxygen atoms in total. The number of nitrogens with two attached hydrogens (primary N) is 1. The Balaban J connectivity index is 1.92. The van der Waals surface area contributed by atoms with Gasteiger partial charge in [-0.25, -0.2) is 0 Å². The van der Waals surface area contributed by atoms with E-state index in [9.17, 15) is 0 Å². The van der Waals surface area contributed by atoms with Gasteiger partial charge in [0, 0.05) is 6.54 Å². The summed E-state index contributed by atoms with van der Waals surface area (Å²) in [6.07, 6.45) is 5.80. The van der Waals surface area contributed by atoms with Gasteiger partial charge in [-0.3, -0.25) is 11.3 Å². The van der Waals surface area contributed by atoms with Crippen LogP contribution in [0.25, 0.3) is 0 Å². The van der Waals surface area contributed by atoms with E-state index in [2.05, 4.69) is 5.43 Å². The first kappa shape index (κ1) is 7.10. The molecule has 4 bridgehead atoms. The maximum absolute atomic E-state index is 5.37. The summed E-state index contributed by atoms with van der Waals surface area (Å²) in [5.41, 5.74) is 6.26. The second-order valence-electron chi connectivity index (χ2n) is 4.61. The first-order chi connectivity index (χ1) is 5.88. The summed E-state index contributed by atoms with van der Waals surface area (Å²) in [7, 11) is 0. The molecule has 0 aromatic rings. The van der Waals surface area contributed by atoms with E-state index in [1.54, 1.807) is 11.1 Å². The van der Waals surface area contributed by atoms with Crippen molar-refractivity contribution in [2.24, 2.45) is 23.6 Å². The number of hydrazine groups is 1. The molecular weight excluding hydrogens is 148 g/mol. The van der Waals surface area contributed by atoms with Crippen LogP contribution in [-0.4, -0.2) is 6.54 Å². The Morgan fingerprint density at radius 2 is 2.00 bits per heavy atom. The lowest BCUT2D eigenvalue weighted by Crippen LogP contribution is -2.44. The molecule has 2 heteroatoms. The molecule has 2 unspecified atom stereocenters. The van der Waals surface area contributed by atoms with Crippen LogP contribution in [0.1, 0.15) is 25.7 Å². The van der Waals surface area contributed by atoms with Crippen LogP contribution in [0.15, 0.2) is 11.1 Å². The zero-order valence-electron chi connectivity index (χ0n) is 7.34. The maximum Gasteiger partial charge on any atom is 0.0310 e. The third-order valence-electron chi connectivity index (χ3n) is 3.94. The fourth-order valence-corrected chi connectivity index (χ4v) is 3.63. The molecule has 0 aliphatic heterocycles. The third-order valence-corrected chi connectivity index (χ3v) is 3.94. The van der Waals surface area contributed by atoms with Crippen molar-refractivity contribution in [3.63, 3.8) is 0 Å². The molecule has 2 atom stereocenters. The molecule has 66 valence electrons. The van der Waals surface area contributed by atoms with E-state index in [0.29, 0.717) is 0 Å². The number of nitrogens with one attached hydrogen (secondary N) is 1. The van der Waals surface area contributed by atoms with Crippen molar-refractivity contribution in [3.05, 3.63) is 11.1 Å². The summed E-state index contributed by atoms with van der Waals surface area (Å²) in [6.45, 7) is 0.943. The average Bonchev–Trinajstić information content (AvgIpc) is 2.03. The zero-order chi connectivity index (χ0) is 8.13. The number of allylic oxidation sites excluding steroid dienone is 1. The van der Waals surface area contributed by atoms with E-state index in [4.69, 9.17) is 5.84 Å². The van der Waals surface area contributed by atoms with Gasteiger partial charge in [-0.05, 0) is 43.4 Å². The monoisotopic (exact) mass is 164 g/mol. The minimum atomic E-state index is 0.943. The quantitative estimate of drug-likeness (QED) is 0.365. The molecule has 0 saturated heterocycles. The summed E-state index contributed by atoms with van der Waals surface area (Å²) < 4.78 is 0. The predicted molar refractivity (Wildman–Crippen MR) is 48.2 cm³/mol. The van der Waals surface area contributed by atoms with Crippen molar-refractivity contribution in [2.45, 2.75) is 25.7 Å². The van der Waals surface area contributed by atoms with E-state index in [1.165, 1.54) is 25.7 Å². The maximum atomic E-state index is 5.37. The highest BCUT2D eigenvalue weighted by Crippen LogP contribution is 2.59. The molecule has 0 aromatic carbocycles. The normalized spacial score (nSPS) is 43.2.